The number of nitrogens with zero attached hydrogens (tertiary/aromatic N) is 2. The summed E-state index contributed by atoms with van der Waals surface area (Å²) in [7, 11) is 1.54. The third-order valence-electron chi connectivity index (χ3n) is 6.00. The van der Waals surface area contributed by atoms with Crippen LogP contribution in [0.2, 0.25) is 0 Å². The number of nitrogens with one attached hydrogen (secondary N) is 2. The number of aromatic nitrogens is 1. The molecule has 1 atom stereocenters. The number of pyridine rings is 1. The van der Waals surface area contributed by atoms with Crippen molar-refractivity contribution in [2.45, 2.75) is 57.7 Å². The number of fused-ring (bicyclic) bond motifs is 1. The Balaban J connectivity index is 1.46. The minimum atomic E-state index is -0.231. The van der Waals surface area contributed by atoms with E-state index in [1.165, 1.54) is 12.8 Å². The first-order valence-corrected chi connectivity index (χ1v) is 9.99. The van der Waals surface area contributed by atoms with Crippen molar-refractivity contribution in [1.29, 1.82) is 0 Å². The highest BCUT2D eigenvalue weighted by Crippen LogP contribution is 2.33. The second-order valence-electron chi connectivity index (χ2n) is 7.78. The Labute approximate surface area is 164 Å². The van der Waals surface area contributed by atoms with Crippen molar-refractivity contribution in [3.05, 3.63) is 22.9 Å². The van der Waals surface area contributed by atoms with E-state index in [-0.39, 0.29) is 30.2 Å². The Morgan fingerprint density at radius 1 is 1.32 bits per heavy atom. The molecule has 2 aliphatic heterocycles. The monoisotopic (exact) mass is 386 g/mol. The molecule has 150 valence electrons. The predicted octanol–water partition coefficient (Wildman–Crippen LogP) is 1.13. The minimum absolute atomic E-state index is 0.0149. The molecular weight excluding hydrogens is 360 g/mol. The van der Waals surface area contributed by atoms with Crippen LogP contribution >= 0.6 is 0 Å². The molecule has 0 aromatic carbocycles. The van der Waals surface area contributed by atoms with Crippen LogP contribution in [0.15, 0.2) is 6.07 Å². The smallest absolute Gasteiger partial charge is 0.256 e. The zero-order valence-electron chi connectivity index (χ0n) is 16.1. The van der Waals surface area contributed by atoms with Crippen molar-refractivity contribution in [2.75, 3.05) is 13.7 Å². The third-order valence-corrected chi connectivity index (χ3v) is 6.00. The lowest BCUT2D eigenvalue weighted by atomic mass is 9.98. The number of carbonyl (C=O) groups excluding carboxylic acids is 3. The van der Waals surface area contributed by atoms with E-state index in [9.17, 15) is 14.4 Å². The molecule has 2 fully saturated rings. The summed E-state index contributed by atoms with van der Waals surface area (Å²) in [4.78, 5) is 43.0. The molecule has 8 heteroatoms. The van der Waals surface area contributed by atoms with Gasteiger partial charge in [-0.25, -0.2) is 4.98 Å². The topological polar surface area (TPSA) is 101 Å². The van der Waals surface area contributed by atoms with Gasteiger partial charge in [0, 0.05) is 31.1 Å². The summed E-state index contributed by atoms with van der Waals surface area (Å²) in [6.07, 6.45) is 5.36. The van der Waals surface area contributed by atoms with Gasteiger partial charge in [0.2, 0.25) is 17.7 Å². The van der Waals surface area contributed by atoms with Crippen LogP contribution in [0.5, 0.6) is 5.88 Å². The van der Waals surface area contributed by atoms with Gasteiger partial charge in [-0.2, -0.15) is 0 Å². The van der Waals surface area contributed by atoms with Gasteiger partial charge < -0.3 is 20.3 Å². The molecule has 2 N–H and O–H groups in total. The molecule has 3 amide bonds. The SMILES string of the molecule is COc1nc2c(cc1CNC(=O)[C@H]1CCC(=O)NC1)C(=O)N(C1CCCC1)C2. The predicted molar refractivity (Wildman–Crippen MR) is 100 cm³/mol. The number of methoxy groups -OCH3 is 1. The van der Waals surface area contributed by atoms with Gasteiger partial charge in [-0.1, -0.05) is 12.8 Å². The highest BCUT2D eigenvalue weighted by Gasteiger charge is 2.36. The first-order valence-electron chi connectivity index (χ1n) is 9.99. The van der Waals surface area contributed by atoms with Crippen molar-refractivity contribution in [2.24, 2.45) is 5.92 Å². The maximum atomic E-state index is 12.9. The largest absolute Gasteiger partial charge is 0.481 e. The lowest BCUT2D eigenvalue weighted by Crippen LogP contribution is -2.42. The summed E-state index contributed by atoms with van der Waals surface area (Å²) < 4.78 is 5.41. The molecule has 1 aromatic heterocycles. The van der Waals surface area contributed by atoms with Gasteiger partial charge in [0.25, 0.3) is 5.91 Å². The van der Waals surface area contributed by atoms with E-state index in [4.69, 9.17) is 4.74 Å². The second-order valence-corrected chi connectivity index (χ2v) is 7.78. The van der Waals surface area contributed by atoms with E-state index < -0.39 is 0 Å². The summed E-state index contributed by atoms with van der Waals surface area (Å²) in [5, 5.41) is 5.61. The van der Waals surface area contributed by atoms with Gasteiger partial charge in [-0.3, -0.25) is 14.4 Å². The van der Waals surface area contributed by atoms with E-state index in [1.807, 2.05) is 4.90 Å². The number of hydrogen-bond acceptors (Lipinski definition) is 5. The Morgan fingerprint density at radius 3 is 2.79 bits per heavy atom. The van der Waals surface area contributed by atoms with Crippen molar-refractivity contribution < 1.29 is 19.1 Å². The fourth-order valence-electron chi connectivity index (χ4n) is 4.36. The molecule has 1 saturated carbocycles. The molecule has 1 saturated heterocycles. The summed E-state index contributed by atoms with van der Waals surface area (Å²) in [6, 6.07) is 2.11. The van der Waals surface area contributed by atoms with Gasteiger partial charge in [-0.05, 0) is 25.3 Å². The molecular formula is C20H26N4O4. The van der Waals surface area contributed by atoms with Crippen LogP contribution in [-0.4, -0.2) is 47.3 Å². The molecule has 0 bridgehead atoms. The minimum Gasteiger partial charge on any atom is -0.481 e. The maximum absolute atomic E-state index is 12.9. The molecule has 1 aromatic rings. The van der Waals surface area contributed by atoms with E-state index in [2.05, 4.69) is 15.6 Å². The molecule has 0 radical (unpaired) electrons. The van der Waals surface area contributed by atoms with Crippen LogP contribution in [0.25, 0.3) is 0 Å². The molecule has 28 heavy (non-hydrogen) atoms. The number of ether oxygens (including phenoxy) is 1. The van der Waals surface area contributed by atoms with Crippen LogP contribution in [0.3, 0.4) is 0 Å². The second kappa shape index (κ2) is 7.77. The number of carbonyl (C=O) groups is 3. The highest BCUT2D eigenvalue weighted by atomic mass is 16.5. The normalized spacial score (nSPS) is 22.2. The van der Waals surface area contributed by atoms with Gasteiger partial charge >= 0.3 is 0 Å². The van der Waals surface area contributed by atoms with E-state index in [1.54, 1.807) is 13.2 Å². The standard InChI is InChI=1S/C20H26N4O4/c1-28-19-13(10-22-18(26)12-6-7-17(25)21-9-12)8-15-16(23-19)11-24(20(15)27)14-4-2-3-5-14/h8,12,14H,2-7,9-11H2,1H3,(H,21,25)(H,22,26)/t12-/m0/s1. The van der Waals surface area contributed by atoms with E-state index in [0.29, 0.717) is 49.0 Å². The van der Waals surface area contributed by atoms with Crippen LogP contribution < -0.4 is 15.4 Å². The van der Waals surface area contributed by atoms with E-state index in [0.717, 1.165) is 18.5 Å². The average Bonchev–Trinajstić information content (AvgIpc) is 3.34. The number of hydrogen-bond donors (Lipinski definition) is 2. The lowest BCUT2D eigenvalue weighted by Gasteiger charge is -2.22. The zero-order valence-corrected chi connectivity index (χ0v) is 16.1. The highest BCUT2D eigenvalue weighted by molar-refractivity contribution is 5.98. The summed E-state index contributed by atoms with van der Waals surface area (Å²) >= 11 is 0. The molecule has 3 aliphatic rings. The van der Waals surface area contributed by atoms with Crippen LogP contribution in [0.4, 0.5) is 0 Å². The Hall–Kier alpha value is -2.64. The Bertz CT molecular complexity index is 794. The zero-order chi connectivity index (χ0) is 19.7. The third kappa shape index (κ3) is 3.55. The van der Waals surface area contributed by atoms with Crippen molar-refractivity contribution >= 4 is 17.7 Å². The summed E-state index contributed by atoms with van der Waals surface area (Å²) in [6.45, 7) is 1.13. The molecule has 0 spiro atoms. The number of amides is 3. The molecule has 4 rings (SSSR count). The quantitative estimate of drug-likeness (QED) is 0.790. The van der Waals surface area contributed by atoms with Gasteiger partial charge in [0.1, 0.15) is 0 Å². The first kappa shape index (κ1) is 18.7. The van der Waals surface area contributed by atoms with Crippen molar-refractivity contribution in [3.63, 3.8) is 0 Å². The van der Waals surface area contributed by atoms with Gasteiger partial charge in [-0.15, -0.1) is 0 Å². The molecule has 1 aliphatic carbocycles. The molecule has 8 nitrogen and oxygen atoms in total. The fourth-order valence-corrected chi connectivity index (χ4v) is 4.36. The number of rotatable bonds is 5. The van der Waals surface area contributed by atoms with Crippen molar-refractivity contribution in [1.82, 2.24) is 20.5 Å². The molecule has 0 unspecified atom stereocenters. The maximum Gasteiger partial charge on any atom is 0.256 e. The number of piperidine rings is 1. The summed E-state index contributed by atoms with van der Waals surface area (Å²) in [5.41, 5.74) is 2.05. The van der Waals surface area contributed by atoms with Crippen LogP contribution in [0, 0.1) is 5.92 Å². The fraction of sp³-hybridized carbons (Fsp3) is 0.600. The van der Waals surface area contributed by atoms with E-state index >= 15 is 0 Å². The first-order chi connectivity index (χ1) is 13.6. The van der Waals surface area contributed by atoms with Crippen molar-refractivity contribution in [3.8, 4) is 5.88 Å². The Kier molecular flexibility index (Phi) is 5.19. The van der Waals surface area contributed by atoms with Gasteiger partial charge in [0.05, 0.1) is 30.8 Å². The lowest BCUT2D eigenvalue weighted by molar-refractivity contribution is -0.129. The van der Waals surface area contributed by atoms with Gasteiger partial charge in [0.15, 0.2) is 0 Å². The Morgan fingerprint density at radius 2 is 2.11 bits per heavy atom. The van der Waals surface area contributed by atoms with Crippen LogP contribution in [-0.2, 0) is 22.7 Å². The summed E-state index contributed by atoms with van der Waals surface area (Å²) in [5.74, 6) is 0.114. The average molecular weight is 386 g/mol. The van der Waals surface area contributed by atoms with Crippen LogP contribution in [0.1, 0.15) is 60.1 Å². The molecule has 3 heterocycles.